The lowest BCUT2D eigenvalue weighted by molar-refractivity contribution is -0.126. The first-order valence-electron chi connectivity index (χ1n) is 14.1. The third-order valence-electron chi connectivity index (χ3n) is 8.40. The number of anilines is 2. The van der Waals surface area contributed by atoms with Crippen LogP contribution in [0.2, 0.25) is 0 Å². The average molecular weight is 570 g/mol. The van der Waals surface area contributed by atoms with E-state index in [1.807, 2.05) is 24.8 Å². The minimum atomic E-state index is -0.730. The largest absolute Gasteiger partial charge is 0.384 e. The highest BCUT2D eigenvalue weighted by Crippen LogP contribution is 2.42. The Morgan fingerprint density at radius 1 is 1.14 bits per heavy atom. The van der Waals surface area contributed by atoms with Gasteiger partial charge < -0.3 is 15.1 Å². The standard InChI is InChI=1S/C31H29F2N7O2/c1-4-24(41)38-12-13-39(23-15-22(23)38)29-18-14-20(33)27-25-19(32)6-5-7-21(25)34-10-8-17-9-11-35-26(16(2)3)28(17)40(30(18)36-27)31(42)37-29/h4-7,9,11,14,16,22-23,34H,1,8,10,12-13,15H2,2-3H3/t22-,23+/m1/s1. The van der Waals surface area contributed by atoms with Crippen molar-refractivity contribution in [3.05, 3.63) is 82.6 Å². The molecule has 2 fully saturated rings. The lowest BCUT2D eigenvalue weighted by Gasteiger charge is -2.35. The molecule has 214 valence electrons. The highest BCUT2D eigenvalue weighted by molar-refractivity contribution is 5.93. The number of nitrogens with zero attached hydrogens (tertiary/aromatic N) is 6. The Balaban J connectivity index is 1.53. The quantitative estimate of drug-likeness (QED) is 0.370. The second kappa shape index (κ2) is 9.71. The van der Waals surface area contributed by atoms with Gasteiger partial charge in [0.1, 0.15) is 17.3 Å². The number of carbonyl (C=O) groups excluding carboxylic acids is 1. The van der Waals surface area contributed by atoms with Crippen LogP contribution in [0.4, 0.5) is 20.3 Å². The summed E-state index contributed by atoms with van der Waals surface area (Å²) >= 11 is 0. The maximum absolute atomic E-state index is 16.1. The van der Waals surface area contributed by atoms with Crippen LogP contribution in [0.1, 0.15) is 37.4 Å². The first-order valence-corrected chi connectivity index (χ1v) is 14.1. The number of piperazine rings is 1. The summed E-state index contributed by atoms with van der Waals surface area (Å²) in [4.78, 5) is 44.0. The topological polar surface area (TPSA) is 96.3 Å². The zero-order chi connectivity index (χ0) is 29.3. The van der Waals surface area contributed by atoms with Crippen LogP contribution >= 0.6 is 0 Å². The third kappa shape index (κ3) is 3.98. The molecule has 0 unspecified atom stereocenters. The van der Waals surface area contributed by atoms with Crippen molar-refractivity contribution in [1.29, 1.82) is 0 Å². The van der Waals surface area contributed by atoms with Crippen molar-refractivity contribution in [2.24, 2.45) is 0 Å². The molecule has 11 heteroatoms. The van der Waals surface area contributed by atoms with Gasteiger partial charge in [-0.05, 0) is 54.7 Å². The average Bonchev–Trinajstić information content (AvgIpc) is 3.77. The molecule has 0 spiro atoms. The number of hydrogen-bond donors (Lipinski definition) is 1. The van der Waals surface area contributed by atoms with Crippen LogP contribution in [0, 0.1) is 11.6 Å². The molecule has 2 bridgehead atoms. The molecule has 1 N–H and O–H groups in total. The van der Waals surface area contributed by atoms with Crippen LogP contribution < -0.4 is 15.9 Å². The lowest BCUT2D eigenvalue weighted by Crippen LogP contribution is -2.49. The van der Waals surface area contributed by atoms with Crippen molar-refractivity contribution in [1.82, 2.24) is 24.4 Å². The first kappa shape index (κ1) is 26.2. The molecule has 5 heterocycles. The Kier molecular flexibility index (Phi) is 6.07. The maximum atomic E-state index is 16.1. The van der Waals surface area contributed by atoms with Crippen molar-refractivity contribution in [2.75, 3.05) is 29.9 Å². The third-order valence-corrected chi connectivity index (χ3v) is 8.40. The summed E-state index contributed by atoms with van der Waals surface area (Å²) in [5.74, 6) is -1.24. The lowest BCUT2D eigenvalue weighted by atomic mass is 10.0. The summed E-state index contributed by atoms with van der Waals surface area (Å²) in [6.45, 7) is 8.81. The molecule has 3 aliphatic rings. The van der Waals surface area contributed by atoms with E-state index in [1.54, 1.807) is 23.2 Å². The van der Waals surface area contributed by atoms with Gasteiger partial charge in [-0.3, -0.25) is 9.78 Å². The van der Waals surface area contributed by atoms with Gasteiger partial charge in [-0.25, -0.2) is 23.1 Å². The molecule has 4 aromatic rings. The van der Waals surface area contributed by atoms with Crippen LogP contribution in [0.3, 0.4) is 0 Å². The molecule has 3 aromatic heterocycles. The van der Waals surface area contributed by atoms with E-state index in [-0.39, 0.29) is 40.8 Å². The Morgan fingerprint density at radius 3 is 2.76 bits per heavy atom. The summed E-state index contributed by atoms with van der Waals surface area (Å²) in [5.41, 5.74) is 1.89. The summed E-state index contributed by atoms with van der Waals surface area (Å²) in [6.07, 6.45) is 4.21. The normalized spacial score (nSPS) is 19.1. The Hall–Kier alpha value is -4.67. The molecule has 42 heavy (non-hydrogen) atoms. The molecule has 0 radical (unpaired) electrons. The van der Waals surface area contributed by atoms with Gasteiger partial charge in [-0.15, -0.1) is 0 Å². The van der Waals surface area contributed by atoms with Gasteiger partial charge in [-0.2, -0.15) is 4.98 Å². The smallest absolute Gasteiger partial charge is 0.355 e. The monoisotopic (exact) mass is 569 g/mol. The van der Waals surface area contributed by atoms with Crippen LogP contribution in [-0.4, -0.2) is 62.0 Å². The van der Waals surface area contributed by atoms with Crippen LogP contribution in [-0.2, 0) is 11.2 Å². The Morgan fingerprint density at radius 2 is 1.98 bits per heavy atom. The van der Waals surface area contributed by atoms with Crippen molar-refractivity contribution in [3.8, 4) is 16.9 Å². The summed E-state index contributed by atoms with van der Waals surface area (Å²) in [7, 11) is 0. The van der Waals surface area contributed by atoms with E-state index in [4.69, 9.17) is 4.98 Å². The van der Waals surface area contributed by atoms with E-state index in [9.17, 15) is 9.59 Å². The first-order chi connectivity index (χ1) is 20.3. The van der Waals surface area contributed by atoms with Gasteiger partial charge in [-0.1, -0.05) is 26.5 Å². The second-order valence-electron chi connectivity index (χ2n) is 11.2. The van der Waals surface area contributed by atoms with E-state index in [0.29, 0.717) is 60.7 Å². The van der Waals surface area contributed by atoms with Gasteiger partial charge in [0.15, 0.2) is 11.5 Å². The molecule has 7 rings (SSSR count). The summed E-state index contributed by atoms with van der Waals surface area (Å²) in [5, 5.41) is 3.58. The van der Waals surface area contributed by atoms with Crippen molar-refractivity contribution in [2.45, 2.75) is 44.7 Å². The van der Waals surface area contributed by atoms with Crippen molar-refractivity contribution >= 4 is 28.4 Å². The minimum absolute atomic E-state index is 0.00114. The maximum Gasteiger partial charge on any atom is 0.355 e. The molecule has 9 nitrogen and oxygen atoms in total. The molecule has 1 saturated heterocycles. The van der Waals surface area contributed by atoms with Gasteiger partial charge >= 0.3 is 5.69 Å². The molecule has 1 saturated carbocycles. The molecule has 1 aromatic carbocycles. The number of hydrogen-bond acceptors (Lipinski definition) is 7. The predicted octanol–water partition coefficient (Wildman–Crippen LogP) is 4.19. The second-order valence-corrected chi connectivity index (χ2v) is 11.2. The highest BCUT2D eigenvalue weighted by Gasteiger charge is 2.51. The predicted molar refractivity (Wildman–Crippen MR) is 156 cm³/mol. The number of nitrogens with one attached hydrogen (secondary N) is 1. The number of fused-ring (bicyclic) bond motifs is 6. The molecule has 1 amide bonds. The number of amides is 1. The van der Waals surface area contributed by atoms with Gasteiger partial charge in [0.25, 0.3) is 0 Å². The van der Waals surface area contributed by atoms with Crippen molar-refractivity contribution < 1.29 is 13.6 Å². The number of pyridine rings is 2. The van der Waals surface area contributed by atoms with Crippen LogP contribution in [0.15, 0.2) is 54.0 Å². The van der Waals surface area contributed by atoms with Crippen LogP contribution in [0.25, 0.3) is 28.0 Å². The fourth-order valence-corrected chi connectivity index (χ4v) is 6.38. The molecule has 1 aliphatic carbocycles. The molecular formula is C31H29F2N7O2. The fraction of sp³-hybridized carbons (Fsp3) is 0.323. The van der Waals surface area contributed by atoms with Crippen LogP contribution in [0.5, 0.6) is 0 Å². The van der Waals surface area contributed by atoms with Gasteiger partial charge in [0.2, 0.25) is 5.91 Å². The fourth-order valence-electron chi connectivity index (χ4n) is 6.38. The van der Waals surface area contributed by atoms with E-state index >= 15 is 8.78 Å². The van der Waals surface area contributed by atoms with E-state index in [2.05, 4.69) is 21.9 Å². The molecule has 2 atom stereocenters. The molecular weight excluding hydrogens is 540 g/mol. The van der Waals surface area contributed by atoms with Crippen molar-refractivity contribution in [3.63, 3.8) is 0 Å². The SMILES string of the molecule is C=CC(=O)N1CCN(c2nc(=O)n3c4nc(c(F)cc24)-c2c(F)cccc2NCCc2ccnc(C(C)C)c2-3)[C@H]2C[C@H]21. The minimum Gasteiger partial charge on any atom is -0.384 e. The number of carbonyl (C=O) groups is 1. The van der Waals surface area contributed by atoms with E-state index < -0.39 is 17.3 Å². The molecule has 2 aliphatic heterocycles. The number of aromatic nitrogens is 4. The number of halogens is 2. The van der Waals surface area contributed by atoms with E-state index in [1.165, 1.54) is 22.8 Å². The number of rotatable bonds is 3. The van der Waals surface area contributed by atoms with E-state index in [0.717, 1.165) is 5.56 Å². The zero-order valence-electron chi connectivity index (χ0n) is 23.3. The van der Waals surface area contributed by atoms with Gasteiger partial charge in [0.05, 0.1) is 34.4 Å². The zero-order valence-corrected chi connectivity index (χ0v) is 23.3. The summed E-state index contributed by atoms with van der Waals surface area (Å²) < 4.78 is 32.8. The number of benzene rings is 1. The summed E-state index contributed by atoms with van der Waals surface area (Å²) in [6, 6.07) is 7.57. The Labute approximate surface area is 240 Å². The Bertz CT molecular complexity index is 1850. The highest BCUT2D eigenvalue weighted by atomic mass is 19.1. The van der Waals surface area contributed by atoms with Gasteiger partial charge in [0, 0.05) is 31.5 Å².